The predicted octanol–water partition coefficient (Wildman–Crippen LogP) is 6.44. The number of carbonyl (C=O) groups is 3. The minimum Gasteiger partial charge on any atom is -0.321 e. The molecule has 1 heterocycles. The first kappa shape index (κ1) is 28.6. The highest BCUT2D eigenvalue weighted by molar-refractivity contribution is 8.00. The van der Waals surface area contributed by atoms with Crippen molar-refractivity contribution in [2.24, 2.45) is 0 Å². The molecule has 0 fully saturated rings. The molecule has 3 amide bonds. The Morgan fingerprint density at radius 2 is 1.52 bits per heavy atom. The molecule has 0 aliphatic rings. The van der Waals surface area contributed by atoms with Crippen LogP contribution < -0.4 is 16.0 Å². The molecule has 4 aromatic rings. The van der Waals surface area contributed by atoms with Crippen LogP contribution in [0.15, 0.2) is 88.1 Å². The number of halogens is 4. The van der Waals surface area contributed by atoms with Crippen molar-refractivity contribution in [3.63, 3.8) is 0 Å². The number of anilines is 2. The van der Waals surface area contributed by atoms with Crippen molar-refractivity contribution in [2.75, 3.05) is 16.4 Å². The van der Waals surface area contributed by atoms with Gasteiger partial charge in [-0.25, -0.2) is 17.6 Å². The van der Waals surface area contributed by atoms with E-state index < -0.39 is 46.7 Å². The van der Waals surface area contributed by atoms with Crippen LogP contribution in [0.3, 0.4) is 0 Å². The van der Waals surface area contributed by atoms with E-state index in [4.69, 9.17) is 0 Å². The van der Waals surface area contributed by atoms with Crippen molar-refractivity contribution < 1.29 is 31.9 Å². The lowest BCUT2D eigenvalue weighted by molar-refractivity contribution is -0.114. The number of amides is 3. The van der Waals surface area contributed by atoms with Gasteiger partial charge >= 0.3 is 0 Å². The topological polar surface area (TPSA) is 87.3 Å². The summed E-state index contributed by atoms with van der Waals surface area (Å²) < 4.78 is 54.2. The predicted molar refractivity (Wildman–Crippen MR) is 147 cm³/mol. The van der Waals surface area contributed by atoms with Gasteiger partial charge in [0.05, 0.1) is 5.75 Å². The van der Waals surface area contributed by atoms with Gasteiger partial charge in [-0.3, -0.25) is 14.4 Å². The zero-order valence-electron chi connectivity index (χ0n) is 20.3. The lowest BCUT2D eigenvalue weighted by atomic mass is 10.2. The number of thiophene rings is 1. The highest BCUT2D eigenvalue weighted by Crippen LogP contribution is 2.26. The van der Waals surface area contributed by atoms with E-state index in [2.05, 4.69) is 10.6 Å². The van der Waals surface area contributed by atoms with E-state index in [-0.39, 0.29) is 17.5 Å². The van der Waals surface area contributed by atoms with Gasteiger partial charge in [0.2, 0.25) is 5.91 Å². The van der Waals surface area contributed by atoms with Crippen LogP contribution in [0, 0.1) is 23.3 Å². The molecule has 0 spiro atoms. The zero-order chi connectivity index (χ0) is 28.6. The fraction of sp³-hybridized carbons (Fsp3) is 0.0357. The Bertz CT molecular complexity index is 1540. The molecular weight excluding hydrogens is 566 g/mol. The van der Waals surface area contributed by atoms with Crippen LogP contribution in [-0.4, -0.2) is 23.5 Å². The quantitative estimate of drug-likeness (QED) is 0.0913. The number of benzene rings is 3. The third-order valence-electron chi connectivity index (χ3n) is 5.24. The second-order valence-corrected chi connectivity index (χ2v) is 9.92. The molecule has 0 atom stereocenters. The molecule has 0 bridgehead atoms. The fourth-order valence-electron chi connectivity index (χ4n) is 3.31. The van der Waals surface area contributed by atoms with Gasteiger partial charge in [-0.1, -0.05) is 18.2 Å². The molecule has 1 aromatic heterocycles. The van der Waals surface area contributed by atoms with Gasteiger partial charge in [-0.05, 0) is 64.9 Å². The average Bonchev–Trinajstić information content (AvgIpc) is 3.47. The number of rotatable bonds is 9. The molecule has 3 N–H and O–H groups in total. The second kappa shape index (κ2) is 13.1. The smallest absolute Gasteiger partial charge is 0.272 e. The van der Waals surface area contributed by atoms with Crippen molar-refractivity contribution in [1.29, 1.82) is 0 Å². The molecule has 0 radical (unpaired) electrons. The van der Waals surface area contributed by atoms with Gasteiger partial charge in [0, 0.05) is 22.2 Å². The summed E-state index contributed by atoms with van der Waals surface area (Å²) >= 11 is 2.42. The molecule has 0 saturated carbocycles. The first-order chi connectivity index (χ1) is 19.2. The van der Waals surface area contributed by atoms with Gasteiger partial charge in [-0.2, -0.15) is 11.3 Å². The summed E-state index contributed by atoms with van der Waals surface area (Å²) in [5, 5.41) is 10.8. The van der Waals surface area contributed by atoms with Crippen LogP contribution in [0.4, 0.5) is 28.9 Å². The van der Waals surface area contributed by atoms with E-state index in [9.17, 15) is 31.9 Å². The molecule has 3 aromatic carbocycles. The maximum atomic E-state index is 13.8. The third-order valence-corrected chi connectivity index (χ3v) is 6.95. The van der Waals surface area contributed by atoms with E-state index in [1.54, 1.807) is 66.7 Å². The molecular formula is C28H19F4N3O3S2. The minimum atomic E-state index is -1.70. The van der Waals surface area contributed by atoms with Crippen molar-refractivity contribution in [3.05, 3.63) is 118 Å². The lowest BCUT2D eigenvalue weighted by Gasteiger charge is -2.12. The number of thioether (sulfide) groups is 1. The van der Waals surface area contributed by atoms with E-state index in [0.29, 0.717) is 16.1 Å². The van der Waals surface area contributed by atoms with Gasteiger partial charge in [0.15, 0.2) is 23.3 Å². The lowest BCUT2D eigenvalue weighted by Crippen LogP contribution is -2.30. The van der Waals surface area contributed by atoms with Crippen LogP contribution in [0.2, 0.25) is 0 Å². The standard InChI is InChI=1S/C28H19F4N3O3S2/c29-20-13-21(30)25(32)26(24(20)31)35-23(36)15-40-19-8-6-18(7-9-19)33-28(38)22(12-16-10-11-39-14-16)34-27(37)17-4-2-1-3-5-17/h1-14H,15H2,(H,33,38)(H,34,37)(H,35,36)/b22-12-. The van der Waals surface area contributed by atoms with Gasteiger partial charge in [0.1, 0.15) is 11.4 Å². The zero-order valence-corrected chi connectivity index (χ0v) is 22.0. The molecule has 0 saturated heterocycles. The van der Waals surface area contributed by atoms with E-state index in [0.717, 1.165) is 17.3 Å². The summed E-state index contributed by atoms with van der Waals surface area (Å²) in [6.07, 6.45) is 1.55. The third kappa shape index (κ3) is 7.36. The Morgan fingerprint density at radius 3 is 2.15 bits per heavy atom. The summed E-state index contributed by atoms with van der Waals surface area (Å²) in [6.45, 7) is 0. The maximum Gasteiger partial charge on any atom is 0.272 e. The molecule has 40 heavy (non-hydrogen) atoms. The van der Waals surface area contributed by atoms with E-state index in [1.807, 2.05) is 16.1 Å². The Balaban J connectivity index is 1.38. The second-order valence-electron chi connectivity index (χ2n) is 8.09. The van der Waals surface area contributed by atoms with Gasteiger partial charge in [0.25, 0.3) is 11.8 Å². The SMILES string of the molecule is O=C(CSc1ccc(NC(=O)/C(=C/c2ccsc2)NC(=O)c2ccccc2)cc1)Nc1c(F)c(F)cc(F)c1F. The maximum absolute atomic E-state index is 13.8. The summed E-state index contributed by atoms with van der Waals surface area (Å²) in [4.78, 5) is 38.3. The monoisotopic (exact) mass is 585 g/mol. The van der Waals surface area contributed by atoms with Crippen LogP contribution >= 0.6 is 23.1 Å². The Morgan fingerprint density at radius 1 is 0.850 bits per heavy atom. The number of hydrogen-bond donors (Lipinski definition) is 3. The average molecular weight is 586 g/mol. The fourth-order valence-corrected chi connectivity index (χ4v) is 4.62. The first-order valence-corrected chi connectivity index (χ1v) is 13.4. The number of carbonyl (C=O) groups excluding carboxylic acids is 3. The molecule has 0 aliphatic carbocycles. The van der Waals surface area contributed by atoms with Crippen molar-refractivity contribution in [3.8, 4) is 0 Å². The van der Waals surface area contributed by atoms with Crippen LogP contribution in [0.5, 0.6) is 0 Å². The van der Waals surface area contributed by atoms with Crippen molar-refractivity contribution in [2.45, 2.75) is 4.90 Å². The number of hydrogen-bond acceptors (Lipinski definition) is 5. The number of nitrogens with one attached hydrogen (secondary N) is 3. The first-order valence-electron chi connectivity index (χ1n) is 11.5. The van der Waals surface area contributed by atoms with Crippen LogP contribution in [-0.2, 0) is 9.59 Å². The summed E-state index contributed by atoms with van der Waals surface area (Å²) in [7, 11) is 0. The normalized spacial score (nSPS) is 11.2. The van der Waals surface area contributed by atoms with Crippen LogP contribution in [0.1, 0.15) is 15.9 Å². The van der Waals surface area contributed by atoms with Crippen molar-refractivity contribution in [1.82, 2.24) is 5.32 Å². The summed E-state index contributed by atoms with van der Waals surface area (Å²) in [6, 6.07) is 16.5. The minimum absolute atomic E-state index is 0.0237. The highest BCUT2D eigenvalue weighted by atomic mass is 32.2. The Kier molecular flexibility index (Phi) is 9.35. The summed E-state index contributed by atoms with van der Waals surface area (Å²) in [5.41, 5.74) is 0.324. The molecule has 0 unspecified atom stereocenters. The molecule has 12 heteroatoms. The molecule has 0 aliphatic heterocycles. The largest absolute Gasteiger partial charge is 0.321 e. The van der Waals surface area contributed by atoms with Gasteiger partial charge < -0.3 is 16.0 Å². The molecule has 4 rings (SSSR count). The van der Waals surface area contributed by atoms with E-state index in [1.165, 1.54) is 11.3 Å². The van der Waals surface area contributed by atoms with Crippen LogP contribution in [0.25, 0.3) is 6.08 Å². The molecule has 6 nitrogen and oxygen atoms in total. The van der Waals surface area contributed by atoms with E-state index >= 15 is 0 Å². The Labute approximate surface area is 234 Å². The van der Waals surface area contributed by atoms with Gasteiger partial charge in [-0.15, -0.1) is 11.8 Å². The summed E-state index contributed by atoms with van der Waals surface area (Å²) in [5.74, 6) is -8.90. The highest BCUT2D eigenvalue weighted by Gasteiger charge is 2.21. The molecule has 204 valence electrons. The van der Waals surface area contributed by atoms with Crippen molar-refractivity contribution >= 4 is 58.3 Å². The Hall–Kier alpha value is -4.42.